The van der Waals surface area contributed by atoms with Gasteiger partial charge in [-0.05, 0) is 19.4 Å². The molecule has 2 amide bonds. The average Bonchev–Trinajstić information content (AvgIpc) is 3.41. The van der Waals surface area contributed by atoms with Gasteiger partial charge >= 0.3 is 5.97 Å². The molecular formula is C26H43IN6O5S. The average molecular weight is 679 g/mol. The predicted molar refractivity (Wildman–Crippen MR) is 145 cm³/mol. The highest BCUT2D eigenvalue weighted by atomic mass is 127. The molecule has 0 unspecified atom stereocenters. The summed E-state index contributed by atoms with van der Waals surface area (Å²) in [7, 11) is 3.90. The van der Waals surface area contributed by atoms with Crippen molar-refractivity contribution in [1.82, 2.24) is 20.4 Å². The van der Waals surface area contributed by atoms with Crippen LogP contribution in [0.15, 0.2) is 10.6 Å². The molecule has 0 radical (unpaired) electrons. The SMILES string of the molecule is CNCC(=O)C[C@H](C)[C@H]1C(=O)N2C(C(=O)O)=C(S[C@@H]3CN[C@H](C(=O)N4CC[N+](C)(CCN)CC4)C3)[C@H](C)[C@H]12.[I-]. The lowest BCUT2D eigenvalue weighted by molar-refractivity contribution is -0.911. The lowest BCUT2D eigenvalue weighted by atomic mass is 9.73. The number of likely N-dealkylation sites (N-methyl/N-ethyl adjacent to an activating group) is 2. The summed E-state index contributed by atoms with van der Waals surface area (Å²) >= 11 is 1.50. The lowest BCUT2D eigenvalue weighted by Crippen LogP contribution is -3.00. The van der Waals surface area contributed by atoms with E-state index in [1.165, 1.54) is 16.7 Å². The van der Waals surface area contributed by atoms with Gasteiger partial charge in [-0.3, -0.25) is 14.4 Å². The maximum atomic E-state index is 13.2. The molecule has 3 fully saturated rings. The number of nitrogens with zero attached hydrogens (tertiary/aromatic N) is 3. The Morgan fingerprint density at radius 1 is 1.28 bits per heavy atom. The Balaban J connectivity index is 0.00000420. The largest absolute Gasteiger partial charge is 1.00 e. The first-order valence-corrected chi connectivity index (χ1v) is 14.6. The van der Waals surface area contributed by atoms with Gasteiger partial charge in [-0.25, -0.2) is 4.79 Å². The number of carbonyl (C=O) groups is 4. The Labute approximate surface area is 252 Å². The van der Waals surface area contributed by atoms with E-state index in [4.69, 9.17) is 5.73 Å². The van der Waals surface area contributed by atoms with Crippen LogP contribution in [0, 0.1) is 17.8 Å². The number of aliphatic carboxylic acids is 1. The summed E-state index contributed by atoms with van der Waals surface area (Å²) in [5.74, 6) is -1.81. The number of rotatable bonds is 11. The minimum Gasteiger partial charge on any atom is -1.00 e. The number of β-lactam (4-membered cyclic amide) rings is 1. The van der Waals surface area contributed by atoms with E-state index in [-0.39, 0.29) is 95.3 Å². The molecule has 4 rings (SSSR count). The summed E-state index contributed by atoms with van der Waals surface area (Å²) in [6.07, 6.45) is 0.908. The topological polar surface area (TPSA) is 145 Å². The summed E-state index contributed by atoms with van der Waals surface area (Å²) in [5, 5.41) is 16.3. The summed E-state index contributed by atoms with van der Waals surface area (Å²) in [6, 6.07) is -0.524. The van der Waals surface area contributed by atoms with E-state index in [1.54, 1.807) is 7.05 Å². The molecule has 0 saturated carbocycles. The number of quaternary nitrogens is 1. The molecule has 4 heterocycles. The summed E-state index contributed by atoms with van der Waals surface area (Å²) in [4.78, 5) is 54.8. The van der Waals surface area contributed by atoms with Crippen LogP contribution in [0.4, 0.5) is 0 Å². The zero-order chi connectivity index (χ0) is 27.8. The van der Waals surface area contributed by atoms with Crippen LogP contribution in [0.3, 0.4) is 0 Å². The van der Waals surface area contributed by atoms with Crippen LogP contribution >= 0.6 is 11.8 Å². The zero-order valence-electron chi connectivity index (χ0n) is 23.3. The van der Waals surface area contributed by atoms with E-state index in [2.05, 4.69) is 17.7 Å². The van der Waals surface area contributed by atoms with Crippen LogP contribution in [-0.2, 0) is 19.2 Å². The zero-order valence-corrected chi connectivity index (χ0v) is 26.3. The third-order valence-electron chi connectivity index (χ3n) is 8.81. The number of nitrogens with one attached hydrogen (secondary N) is 2. The van der Waals surface area contributed by atoms with Gasteiger partial charge in [0.1, 0.15) is 11.5 Å². The van der Waals surface area contributed by atoms with Gasteiger partial charge < -0.3 is 59.7 Å². The smallest absolute Gasteiger partial charge is 0.353 e. The Kier molecular flexibility index (Phi) is 10.9. The van der Waals surface area contributed by atoms with E-state index < -0.39 is 5.97 Å². The molecule has 0 bridgehead atoms. The van der Waals surface area contributed by atoms with Gasteiger partial charge in [-0.15, -0.1) is 11.8 Å². The fourth-order valence-electron chi connectivity index (χ4n) is 6.61. The number of Topliss-reactive ketones (excluding diaryl/α,β-unsaturated/α-hetero) is 1. The molecule has 6 atom stereocenters. The van der Waals surface area contributed by atoms with Crippen molar-refractivity contribution >= 4 is 35.3 Å². The quantitative estimate of drug-likeness (QED) is 0.0986. The summed E-state index contributed by atoms with van der Waals surface area (Å²) in [6.45, 7) is 9.51. The number of ketones is 1. The monoisotopic (exact) mass is 678 g/mol. The molecule has 0 aromatic rings. The first-order valence-electron chi connectivity index (χ1n) is 13.7. The van der Waals surface area contributed by atoms with Gasteiger partial charge in [0, 0.05) is 35.6 Å². The van der Waals surface area contributed by atoms with E-state index >= 15 is 0 Å². The number of hydrogen-bond acceptors (Lipinski definition) is 8. The Hall–Kier alpha value is -1.26. The van der Waals surface area contributed by atoms with Crippen LogP contribution in [0.1, 0.15) is 26.7 Å². The maximum Gasteiger partial charge on any atom is 0.353 e. The van der Waals surface area contributed by atoms with Gasteiger partial charge in [0.2, 0.25) is 11.8 Å². The van der Waals surface area contributed by atoms with Crippen molar-refractivity contribution < 1.29 is 52.7 Å². The second kappa shape index (κ2) is 13.1. The molecular weight excluding hydrogens is 635 g/mol. The van der Waals surface area contributed by atoms with E-state index in [9.17, 15) is 24.3 Å². The molecule has 13 heteroatoms. The number of piperazine rings is 1. The van der Waals surface area contributed by atoms with Crippen molar-refractivity contribution in [2.24, 2.45) is 23.5 Å². The van der Waals surface area contributed by atoms with Crippen molar-refractivity contribution in [1.29, 1.82) is 0 Å². The number of nitrogens with two attached hydrogens (primary N) is 1. The molecule has 0 spiro atoms. The van der Waals surface area contributed by atoms with E-state index in [0.29, 0.717) is 37.5 Å². The van der Waals surface area contributed by atoms with Crippen molar-refractivity contribution in [2.75, 3.05) is 66.5 Å². The fourth-order valence-corrected chi connectivity index (χ4v) is 8.09. The second-order valence-electron chi connectivity index (χ2n) is 11.6. The summed E-state index contributed by atoms with van der Waals surface area (Å²) < 4.78 is 0.889. The van der Waals surface area contributed by atoms with Crippen molar-refractivity contribution in [3.05, 3.63) is 10.6 Å². The highest BCUT2D eigenvalue weighted by molar-refractivity contribution is 8.03. The standard InChI is InChI=1S/C26H42N6O5S.HI/c1-15(11-17(33)13-28-3)20-21-16(2)23(22(26(36)37)31(21)25(20)35)38-18-12-19(29-14-18)24(34)30-6-9-32(4,8-5-27)10-7-30;/h15-16,18-21,28-29H,5-14,27H2,1-4H3;1H/t15-,16+,18-,19-,20+,21+;/m0./s1. The number of thioether (sulfide) groups is 1. The van der Waals surface area contributed by atoms with Crippen molar-refractivity contribution in [2.45, 2.75) is 44.0 Å². The molecule has 4 aliphatic rings. The lowest BCUT2D eigenvalue weighted by Gasteiger charge is -2.47. The van der Waals surface area contributed by atoms with Crippen LogP contribution in [-0.4, -0.2) is 127 Å². The highest BCUT2D eigenvalue weighted by Gasteiger charge is 2.60. The van der Waals surface area contributed by atoms with Gasteiger partial charge in [-0.2, -0.15) is 0 Å². The van der Waals surface area contributed by atoms with Gasteiger partial charge in [0.15, 0.2) is 0 Å². The Morgan fingerprint density at radius 3 is 2.54 bits per heavy atom. The third-order valence-corrected chi connectivity index (χ3v) is 10.3. The molecule has 0 aromatic carbocycles. The number of carbonyl (C=O) groups excluding carboxylic acids is 3. The fraction of sp³-hybridized carbons (Fsp3) is 0.769. The first-order chi connectivity index (χ1) is 18.0. The van der Waals surface area contributed by atoms with Crippen molar-refractivity contribution in [3.8, 4) is 0 Å². The van der Waals surface area contributed by atoms with Gasteiger partial charge in [-0.1, -0.05) is 13.8 Å². The van der Waals surface area contributed by atoms with Crippen LogP contribution in [0.25, 0.3) is 0 Å². The third kappa shape index (κ3) is 6.48. The van der Waals surface area contributed by atoms with E-state index in [1.807, 2.05) is 18.7 Å². The Bertz CT molecular complexity index is 1000. The number of halogens is 1. The molecule has 39 heavy (non-hydrogen) atoms. The summed E-state index contributed by atoms with van der Waals surface area (Å²) in [5.41, 5.74) is 5.83. The predicted octanol–water partition coefficient (Wildman–Crippen LogP) is -3.71. The number of carboxylic acid groups (broad SMARTS) is 1. The number of hydrogen-bond donors (Lipinski definition) is 4. The highest BCUT2D eigenvalue weighted by Crippen LogP contribution is 2.53. The number of fused-ring (bicyclic) bond motifs is 1. The molecule has 220 valence electrons. The van der Waals surface area contributed by atoms with Gasteiger partial charge in [0.05, 0.1) is 64.3 Å². The van der Waals surface area contributed by atoms with Crippen molar-refractivity contribution in [3.63, 3.8) is 0 Å². The normalized spacial score (nSPS) is 30.5. The van der Waals surface area contributed by atoms with E-state index in [0.717, 1.165) is 24.1 Å². The molecule has 4 aliphatic heterocycles. The van der Waals surface area contributed by atoms with Crippen LogP contribution in [0.5, 0.6) is 0 Å². The number of amides is 2. The molecule has 5 N–H and O–H groups in total. The minimum atomic E-state index is -1.10. The molecule has 0 aliphatic carbocycles. The molecule has 3 saturated heterocycles. The Morgan fingerprint density at radius 2 is 1.95 bits per heavy atom. The molecule has 11 nitrogen and oxygen atoms in total. The number of carboxylic acids is 1. The van der Waals surface area contributed by atoms with Crippen LogP contribution < -0.4 is 40.3 Å². The maximum absolute atomic E-state index is 13.2. The van der Waals surface area contributed by atoms with Crippen LogP contribution in [0.2, 0.25) is 0 Å². The minimum absolute atomic E-state index is 0. The van der Waals surface area contributed by atoms with Gasteiger partial charge in [0.25, 0.3) is 0 Å². The molecule has 0 aromatic heterocycles. The first kappa shape index (κ1) is 32.3. The second-order valence-corrected chi connectivity index (χ2v) is 13.0.